The van der Waals surface area contributed by atoms with Crippen LogP contribution in [0.3, 0.4) is 0 Å². The first-order valence-corrected chi connectivity index (χ1v) is 8.98. The van der Waals surface area contributed by atoms with Crippen LogP contribution in [0.25, 0.3) is 0 Å². The van der Waals surface area contributed by atoms with Gasteiger partial charge in [0.1, 0.15) is 5.82 Å². The Morgan fingerprint density at radius 1 is 1.43 bits per heavy atom. The monoisotopic (exact) mass is 314 g/mol. The second-order valence-electron chi connectivity index (χ2n) is 6.17. The molecule has 1 aromatic rings. The fourth-order valence-electron chi connectivity index (χ4n) is 2.83. The van der Waals surface area contributed by atoms with E-state index in [0.29, 0.717) is 19.1 Å². The fourth-order valence-corrected chi connectivity index (χ4v) is 4.29. The maximum Gasteiger partial charge on any atom is 0.217 e. The van der Waals surface area contributed by atoms with Crippen LogP contribution < -0.4 is 0 Å². The number of imidazole rings is 1. The highest BCUT2D eigenvalue weighted by Crippen LogP contribution is 2.21. The summed E-state index contributed by atoms with van der Waals surface area (Å²) in [6, 6.07) is 0.369. The van der Waals surface area contributed by atoms with E-state index in [4.69, 9.17) is 0 Å². The first-order chi connectivity index (χ1) is 9.82. The number of hydrogen-bond donors (Lipinski definition) is 0. The van der Waals surface area contributed by atoms with Crippen molar-refractivity contribution in [3.63, 3.8) is 0 Å². The van der Waals surface area contributed by atoms with Crippen molar-refractivity contribution >= 4 is 10.0 Å². The third kappa shape index (κ3) is 3.64. The van der Waals surface area contributed by atoms with Gasteiger partial charge in [-0.25, -0.2) is 17.7 Å². The van der Waals surface area contributed by atoms with Gasteiger partial charge in [0.2, 0.25) is 10.0 Å². The zero-order valence-electron chi connectivity index (χ0n) is 13.4. The quantitative estimate of drug-likeness (QED) is 0.822. The van der Waals surface area contributed by atoms with Crippen LogP contribution >= 0.6 is 0 Å². The topological polar surface area (TPSA) is 58.4 Å². The number of aromatic nitrogens is 2. The lowest BCUT2D eigenvalue weighted by Gasteiger charge is -2.33. The van der Waals surface area contributed by atoms with Crippen molar-refractivity contribution in [2.75, 3.05) is 27.2 Å². The summed E-state index contributed by atoms with van der Waals surface area (Å²) in [6.07, 6.45) is 5.46. The molecule has 0 spiro atoms. The van der Waals surface area contributed by atoms with Crippen molar-refractivity contribution in [2.45, 2.75) is 44.5 Å². The van der Waals surface area contributed by atoms with Crippen molar-refractivity contribution < 1.29 is 8.42 Å². The molecule has 1 aliphatic rings. The van der Waals surface area contributed by atoms with E-state index >= 15 is 0 Å². The zero-order chi connectivity index (χ0) is 15.6. The molecule has 0 radical (unpaired) electrons. The summed E-state index contributed by atoms with van der Waals surface area (Å²) in [5, 5.41) is -0.302. The molecule has 120 valence electrons. The second kappa shape index (κ2) is 6.46. The van der Waals surface area contributed by atoms with Gasteiger partial charge in [-0.3, -0.25) is 4.90 Å². The highest BCUT2D eigenvalue weighted by Gasteiger charge is 2.32. The Balaban J connectivity index is 2.07. The summed E-state index contributed by atoms with van der Waals surface area (Å²) < 4.78 is 28.1. The summed E-state index contributed by atoms with van der Waals surface area (Å²) in [5.74, 6) is 1.01. The first-order valence-electron chi connectivity index (χ1n) is 7.47. The second-order valence-corrected chi connectivity index (χ2v) is 8.60. The molecule has 1 aromatic heterocycles. The van der Waals surface area contributed by atoms with Crippen molar-refractivity contribution in [2.24, 2.45) is 0 Å². The molecule has 6 nitrogen and oxygen atoms in total. The van der Waals surface area contributed by atoms with E-state index in [2.05, 4.69) is 28.3 Å². The number of hydrogen-bond acceptors (Lipinski definition) is 4. The molecular weight excluding hydrogens is 288 g/mol. The molecule has 2 rings (SSSR count). The third-order valence-electron chi connectivity index (χ3n) is 4.06. The summed E-state index contributed by atoms with van der Waals surface area (Å²) in [6.45, 7) is 6.49. The SMILES string of the molecule is CC(C)n1ccnc1CN1CCCC(S(=O)(=O)N(C)C)C1. The summed E-state index contributed by atoms with van der Waals surface area (Å²) in [5.41, 5.74) is 0. The Bertz CT molecular complexity index is 565. The van der Waals surface area contributed by atoms with Crippen LogP contribution in [0.2, 0.25) is 0 Å². The minimum Gasteiger partial charge on any atom is -0.331 e. The van der Waals surface area contributed by atoms with Crippen molar-refractivity contribution in [1.29, 1.82) is 0 Å². The molecule has 1 saturated heterocycles. The molecule has 0 saturated carbocycles. The first kappa shape index (κ1) is 16.5. The van der Waals surface area contributed by atoms with E-state index in [1.54, 1.807) is 14.1 Å². The molecule has 7 heteroatoms. The predicted octanol–water partition coefficient (Wildman–Crippen LogP) is 1.32. The van der Waals surface area contributed by atoms with Crippen LogP contribution in [-0.4, -0.2) is 59.6 Å². The molecule has 1 fully saturated rings. The Labute approximate surface area is 127 Å². The van der Waals surface area contributed by atoms with Crippen molar-refractivity contribution in [1.82, 2.24) is 18.8 Å². The lowest BCUT2D eigenvalue weighted by atomic mass is 10.1. The normalized spacial score (nSPS) is 21.3. The average Bonchev–Trinajstić information content (AvgIpc) is 2.87. The van der Waals surface area contributed by atoms with Gasteiger partial charge >= 0.3 is 0 Å². The van der Waals surface area contributed by atoms with Crippen LogP contribution in [-0.2, 0) is 16.6 Å². The molecule has 0 bridgehead atoms. The number of likely N-dealkylation sites (tertiary alicyclic amines) is 1. The highest BCUT2D eigenvalue weighted by atomic mass is 32.2. The number of sulfonamides is 1. The van der Waals surface area contributed by atoms with Crippen LogP contribution in [0.1, 0.15) is 38.6 Å². The Morgan fingerprint density at radius 3 is 2.76 bits per heavy atom. The largest absolute Gasteiger partial charge is 0.331 e. The zero-order valence-corrected chi connectivity index (χ0v) is 14.2. The van der Waals surface area contributed by atoms with E-state index in [1.165, 1.54) is 4.31 Å². The average molecular weight is 314 g/mol. The Hall–Kier alpha value is -0.920. The molecule has 1 atom stereocenters. The number of nitrogens with zero attached hydrogens (tertiary/aromatic N) is 4. The van der Waals surface area contributed by atoms with E-state index in [-0.39, 0.29) is 5.25 Å². The molecule has 1 aliphatic heterocycles. The van der Waals surface area contributed by atoms with Gasteiger partial charge in [0, 0.05) is 39.1 Å². The van der Waals surface area contributed by atoms with Gasteiger partial charge in [-0.05, 0) is 33.2 Å². The number of piperidine rings is 1. The van der Waals surface area contributed by atoms with E-state index in [1.807, 2.05) is 12.4 Å². The molecule has 0 N–H and O–H groups in total. The third-order valence-corrected chi connectivity index (χ3v) is 6.31. The maximum absolute atomic E-state index is 12.3. The Morgan fingerprint density at radius 2 is 2.14 bits per heavy atom. The lowest BCUT2D eigenvalue weighted by molar-refractivity contribution is 0.211. The molecule has 0 aliphatic carbocycles. The van der Waals surface area contributed by atoms with Crippen LogP contribution in [0, 0.1) is 0 Å². The van der Waals surface area contributed by atoms with Gasteiger partial charge in [-0.2, -0.15) is 0 Å². The van der Waals surface area contributed by atoms with E-state index in [9.17, 15) is 8.42 Å². The standard InChI is InChI=1S/C14H26N4O2S/c1-12(2)18-9-7-15-14(18)11-17-8-5-6-13(10-17)21(19,20)16(3)4/h7,9,12-13H,5-6,8,10-11H2,1-4H3. The molecule has 1 unspecified atom stereocenters. The van der Waals surface area contributed by atoms with Gasteiger partial charge in [0.05, 0.1) is 11.8 Å². The van der Waals surface area contributed by atoms with Gasteiger partial charge < -0.3 is 4.57 Å². The van der Waals surface area contributed by atoms with Gasteiger partial charge in [-0.15, -0.1) is 0 Å². The highest BCUT2D eigenvalue weighted by molar-refractivity contribution is 7.89. The maximum atomic E-state index is 12.3. The van der Waals surface area contributed by atoms with Crippen molar-refractivity contribution in [3.8, 4) is 0 Å². The Kier molecular flexibility index (Phi) is 5.06. The molecule has 0 aromatic carbocycles. The van der Waals surface area contributed by atoms with E-state index in [0.717, 1.165) is 25.2 Å². The molecule has 2 heterocycles. The van der Waals surface area contributed by atoms with E-state index < -0.39 is 10.0 Å². The predicted molar refractivity (Wildman–Crippen MR) is 83.5 cm³/mol. The van der Waals surface area contributed by atoms with Crippen molar-refractivity contribution in [3.05, 3.63) is 18.2 Å². The van der Waals surface area contributed by atoms with Crippen LogP contribution in [0.15, 0.2) is 12.4 Å². The van der Waals surface area contributed by atoms with Gasteiger partial charge in [0.25, 0.3) is 0 Å². The van der Waals surface area contributed by atoms with Crippen LogP contribution in [0.5, 0.6) is 0 Å². The molecule has 0 amide bonds. The van der Waals surface area contributed by atoms with Gasteiger partial charge in [-0.1, -0.05) is 0 Å². The minimum absolute atomic E-state index is 0.302. The lowest BCUT2D eigenvalue weighted by Crippen LogP contribution is -2.45. The molecular formula is C14H26N4O2S. The smallest absolute Gasteiger partial charge is 0.217 e. The summed E-state index contributed by atoms with van der Waals surface area (Å²) in [7, 11) is 0.0480. The summed E-state index contributed by atoms with van der Waals surface area (Å²) >= 11 is 0. The minimum atomic E-state index is -3.17. The summed E-state index contributed by atoms with van der Waals surface area (Å²) in [4.78, 5) is 6.62. The van der Waals surface area contributed by atoms with Gasteiger partial charge in [0.15, 0.2) is 0 Å². The fraction of sp³-hybridized carbons (Fsp3) is 0.786. The van der Waals surface area contributed by atoms with Crippen LogP contribution in [0.4, 0.5) is 0 Å². The number of rotatable bonds is 5. The molecule has 21 heavy (non-hydrogen) atoms.